The molecule has 0 bridgehead atoms. The first-order valence-corrected chi connectivity index (χ1v) is 9.78. The summed E-state index contributed by atoms with van der Waals surface area (Å²) in [5, 5.41) is 15.5. The number of aliphatic carboxylic acids is 1. The van der Waals surface area contributed by atoms with Gasteiger partial charge in [-0.25, -0.2) is 4.79 Å². The maximum atomic E-state index is 12.5. The number of hydrogen-bond donors (Lipinski definition) is 2. The lowest BCUT2D eigenvalue weighted by molar-refractivity contribution is -0.136. The number of hydrogen-bond acceptors (Lipinski definition) is 5. The van der Waals surface area contributed by atoms with Crippen LogP contribution >= 0.6 is 0 Å². The number of carbonyl (C=O) groups is 2. The van der Waals surface area contributed by atoms with E-state index in [-0.39, 0.29) is 12.5 Å². The SMILES string of the molecule is CC[C@@H](OC(=O)Nc1c(C)noc1-c1ccc(CCC(=O)O)cc1)c1ccccc1. The highest BCUT2D eigenvalue weighted by molar-refractivity contribution is 5.90. The van der Waals surface area contributed by atoms with Crippen LogP contribution < -0.4 is 5.32 Å². The summed E-state index contributed by atoms with van der Waals surface area (Å²) in [7, 11) is 0. The Morgan fingerprint density at radius 2 is 1.83 bits per heavy atom. The molecule has 0 aliphatic heterocycles. The number of rotatable bonds is 8. The normalized spacial score (nSPS) is 11.7. The Hall–Kier alpha value is -3.61. The quantitative estimate of drug-likeness (QED) is 0.520. The summed E-state index contributed by atoms with van der Waals surface area (Å²) in [5.74, 6) is -0.419. The average Bonchev–Trinajstić information content (AvgIpc) is 3.11. The van der Waals surface area contributed by atoms with Crippen LogP contribution in [0, 0.1) is 6.92 Å². The second kappa shape index (κ2) is 9.73. The van der Waals surface area contributed by atoms with E-state index in [1.165, 1.54) is 0 Å². The Kier molecular flexibility index (Phi) is 6.85. The number of anilines is 1. The molecule has 0 saturated heterocycles. The molecule has 1 amide bonds. The predicted molar refractivity (Wildman–Crippen MR) is 112 cm³/mol. The van der Waals surface area contributed by atoms with E-state index in [1.807, 2.05) is 61.5 Å². The van der Waals surface area contributed by atoms with Crippen molar-refractivity contribution in [1.29, 1.82) is 0 Å². The van der Waals surface area contributed by atoms with E-state index in [0.717, 1.165) is 16.7 Å². The topological polar surface area (TPSA) is 102 Å². The molecule has 0 aliphatic rings. The molecule has 0 spiro atoms. The molecule has 1 atom stereocenters. The number of nitrogens with zero attached hydrogens (tertiary/aromatic N) is 1. The molecule has 30 heavy (non-hydrogen) atoms. The number of ether oxygens (including phenoxy) is 1. The molecule has 0 radical (unpaired) electrons. The second-order valence-corrected chi connectivity index (χ2v) is 6.90. The lowest BCUT2D eigenvalue weighted by Crippen LogP contribution is -2.17. The van der Waals surface area contributed by atoms with Gasteiger partial charge < -0.3 is 14.4 Å². The van der Waals surface area contributed by atoms with Gasteiger partial charge >= 0.3 is 12.1 Å². The summed E-state index contributed by atoms with van der Waals surface area (Å²) in [5.41, 5.74) is 3.53. The minimum Gasteiger partial charge on any atom is -0.481 e. The zero-order valence-electron chi connectivity index (χ0n) is 16.9. The molecule has 7 nitrogen and oxygen atoms in total. The Morgan fingerprint density at radius 1 is 1.13 bits per heavy atom. The Bertz CT molecular complexity index is 996. The molecule has 3 rings (SSSR count). The van der Waals surface area contributed by atoms with Gasteiger partial charge in [0.2, 0.25) is 0 Å². The Morgan fingerprint density at radius 3 is 2.47 bits per heavy atom. The maximum Gasteiger partial charge on any atom is 0.412 e. The van der Waals surface area contributed by atoms with Crippen LogP contribution in [0.15, 0.2) is 59.1 Å². The summed E-state index contributed by atoms with van der Waals surface area (Å²) in [6, 6.07) is 16.9. The van der Waals surface area contributed by atoms with Crippen LogP contribution in [0.1, 0.15) is 42.7 Å². The first-order chi connectivity index (χ1) is 14.5. The minimum atomic E-state index is -0.837. The molecule has 3 aromatic rings. The smallest absolute Gasteiger partial charge is 0.412 e. The second-order valence-electron chi connectivity index (χ2n) is 6.90. The molecule has 156 valence electrons. The highest BCUT2D eigenvalue weighted by Crippen LogP contribution is 2.32. The van der Waals surface area contributed by atoms with E-state index in [2.05, 4.69) is 10.5 Å². The van der Waals surface area contributed by atoms with Gasteiger partial charge in [-0.1, -0.05) is 66.7 Å². The van der Waals surface area contributed by atoms with E-state index >= 15 is 0 Å². The third kappa shape index (κ3) is 5.26. The number of aromatic nitrogens is 1. The fourth-order valence-corrected chi connectivity index (χ4v) is 3.10. The van der Waals surface area contributed by atoms with Crippen LogP contribution in [0.25, 0.3) is 11.3 Å². The van der Waals surface area contributed by atoms with E-state index in [0.29, 0.717) is 30.0 Å². The van der Waals surface area contributed by atoms with Crippen molar-refractivity contribution < 1.29 is 24.0 Å². The Labute approximate surface area is 174 Å². The van der Waals surface area contributed by atoms with Crippen LogP contribution in [0.4, 0.5) is 10.5 Å². The molecule has 2 N–H and O–H groups in total. The van der Waals surface area contributed by atoms with Crippen LogP contribution in [0.2, 0.25) is 0 Å². The van der Waals surface area contributed by atoms with Gasteiger partial charge in [-0.2, -0.15) is 0 Å². The van der Waals surface area contributed by atoms with Crippen molar-refractivity contribution in [3.8, 4) is 11.3 Å². The Balaban J connectivity index is 1.72. The van der Waals surface area contributed by atoms with E-state index < -0.39 is 12.1 Å². The lowest BCUT2D eigenvalue weighted by atomic mass is 10.1. The highest BCUT2D eigenvalue weighted by atomic mass is 16.6. The number of carboxylic acid groups (broad SMARTS) is 1. The molecule has 0 unspecified atom stereocenters. The van der Waals surface area contributed by atoms with Crippen molar-refractivity contribution in [1.82, 2.24) is 5.16 Å². The largest absolute Gasteiger partial charge is 0.481 e. The van der Waals surface area contributed by atoms with Gasteiger partial charge in [0, 0.05) is 12.0 Å². The van der Waals surface area contributed by atoms with Crippen molar-refractivity contribution >= 4 is 17.7 Å². The van der Waals surface area contributed by atoms with Crippen LogP contribution in [-0.4, -0.2) is 22.3 Å². The van der Waals surface area contributed by atoms with E-state index in [1.54, 1.807) is 6.92 Å². The van der Waals surface area contributed by atoms with Crippen molar-refractivity contribution in [3.05, 3.63) is 71.4 Å². The third-order valence-corrected chi connectivity index (χ3v) is 4.72. The summed E-state index contributed by atoms with van der Waals surface area (Å²) in [6.07, 6.45) is 0.212. The highest BCUT2D eigenvalue weighted by Gasteiger charge is 2.20. The summed E-state index contributed by atoms with van der Waals surface area (Å²) in [4.78, 5) is 23.3. The number of nitrogens with one attached hydrogen (secondary N) is 1. The van der Waals surface area contributed by atoms with Gasteiger partial charge in [-0.05, 0) is 30.9 Å². The number of carboxylic acids is 1. The zero-order valence-corrected chi connectivity index (χ0v) is 16.9. The van der Waals surface area contributed by atoms with Crippen molar-refractivity contribution in [2.75, 3.05) is 5.32 Å². The van der Waals surface area contributed by atoms with Crippen LogP contribution in [-0.2, 0) is 16.0 Å². The van der Waals surface area contributed by atoms with Gasteiger partial charge in [0.05, 0.1) is 0 Å². The zero-order chi connectivity index (χ0) is 21.5. The molecule has 1 aromatic heterocycles. The lowest BCUT2D eigenvalue weighted by Gasteiger charge is -2.17. The third-order valence-electron chi connectivity index (χ3n) is 4.72. The summed E-state index contributed by atoms with van der Waals surface area (Å²) in [6.45, 7) is 3.69. The molecular weight excluding hydrogens is 384 g/mol. The molecule has 7 heteroatoms. The molecule has 0 fully saturated rings. The summed E-state index contributed by atoms with van der Waals surface area (Å²) < 4.78 is 11.0. The average molecular weight is 408 g/mol. The molecule has 1 heterocycles. The van der Waals surface area contributed by atoms with Crippen LogP contribution in [0.5, 0.6) is 0 Å². The van der Waals surface area contributed by atoms with Crippen molar-refractivity contribution in [2.24, 2.45) is 0 Å². The fourth-order valence-electron chi connectivity index (χ4n) is 3.10. The summed E-state index contributed by atoms with van der Waals surface area (Å²) >= 11 is 0. The fraction of sp³-hybridized carbons (Fsp3) is 0.261. The monoisotopic (exact) mass is 408 g/mol. The van der Waals surface area contributed by atoms with Gasteiger partial charge in [0.25, 0.3) is 0 Å². The van der Waals surface area contributed by atoms with Gasteiger partial charge in [-0.15, -0.1) is 0 Å². The predicted octanol–water partition coefficient (Wildman–Crippen LogP) is 5.37. The first-order valence-electron chi connectivity index (χ1n) is 9.78. The van der Waals surface area contributed by atoms with Crippen molar-refractivity contribution in [3.63, 3.8) is 0 Å². The number of amides is 1. The van der Waals surface area contributed by atoms with E-state index in [4.69, 9.17) is 14.4 Å². The number of carbonyl (C=O) groups excluding carboxylic acids is 1. The molecule has 0 aliphatic carbocycles. The minimum absolute atomic E-state index is 0.0689. The number of benzene rings is 2. The van der Waals surface area contributed by atoms with Gasteiger partial charge in [0.1, 0.15) is 17.5 Å². The first kappa shape index (κ1) is 21.1. The number of aryl methyl sites for hydroxylation is 2. The molecule has 0 saturated carbocycles. The standard InChI is InChI=1S/C23H24N2O5/c1-3-19(17-7-5-4-6-8-17)29-23(28)24-21-15(2)25-30-22(21)18-12-9-16(10-13-18)11-14-20(26)27/h4-10,12-13,19H,3,11,14H2,1-2H3,(H,24,28)(H,26,27)/t19-/m1/s1. The van der Waals surface area contributed by atoms with Crippen molar-refractivity contribution in [2.45, 2.75) is 39.2 Å². The maximum absolute atomic E-state index is 12.5. The van der Waals surface area contributed by atoms with Crippen LogP contribution in [0.3, 0.4) is 0 Å². The molecule has 2 aromatic carbocycles. The van der Waals surface area contributed by atoms with Gasteiger partial charge in [0.15, 0.2) is 5.76 Å². The van der Waals surface area contributed by atoms with Gasteiger partial charge in [-0.3, -0.25) is 10.1 Å². The molecular formula is C23H24N2O5. The van der Waals surface area contributed by atoms with E-state index in [9.17, 15) is 9.59 Å².